The molecular formula is C17H26N2O2. The van der Waals surface area contributed by atoms with Gasteiger partial charge in [-0.2, -0.15) is 0 Å². The minimum Gasteiger partial charge on any atom is -0.496 e. The molecule has 1 fully saturated rings. The molecule has 1 aliphatic heterocycles. The van der Waals surface area contributed by atoms with Crippen molar-refractivity contribution >= 4 is 0 Å². The van der Waals surface area contributed by atoms with Crippen molar-refractivity contribution in [2.75, 3.05) is 20.7 Å². The van der Waals surface area contributed by atoms with Crippen LogP contribution in [0.1, 0.15) is 30.9 Å². The van der Waals surface area contributed by atoms with Crippen molar-refractivity contribution in [2.45, 2.75) is 44.9 Å². The normalized spacial score (nSPS) is 22.0. The van der Waals surface area contributed by atoms with Gasteiger partial charge >= 0.3 is 0 Å². The largest absolute Gasteiger partial charge is 0.496 e. The molecule has 4 heteroatoms. The SMILES string of the molecule is COc1cc2c(cc1CN(C)C(CN)C1CC1)OC(C)C2. The molecule has 1 aliphatic carbocycles. The number of likely N-dealkylation sites (N-methyl/N-ethyl adjacent to an activating group) is 1. The van der Waals surface area contributed by atoms with Gasteiger partial charge in [0.25, 0.3) is 0 Å². The summed E-state index contributed by atoms with van der Waals surface area (Å²) in [5.74, 6) is 2.75. The van der Waals surface area contributed by atoms with Crippen LogP contribution in [0.25, 0.3) is 0 Å². The first kappa shape index (κ1) is 14.7. The van der Waals surface area contributed by atoms with E-state index in [2.05, 4.69) is 31.0 Å². The molecule has 0 saturated heterocycles. The zero-order valence-corrected chi connectivity index (χ0v) is 13.3. The van der Waals surface area contributed by atoms with Gasteiger partial charge in [0.2, 0.25) is 0 Å². The molecule has 0 spiro atoms. The van der Waals surface area contributed by atoms with Crippen molar-refractivity contribution in [3.63, 3.8) is 0 Å². The Morgan fingerprint density at radius 3 is 2.81 bits per heavy atom. The molecular weight excluding hydrogens is 264 g/mol. The number of nitrogens with zero attached hydrogens (tertiary/aromatic N) is 1. The molecule has 1 heterocycles. The van der Waals surface area contributed by atoms with Crippen molar-refractivity contribution in [2.24, 2.45) is 11.7 Å². The first-order chi connectivity index (χ1) is 10.1. The topological polar surface area (TPSA) is 47.7 Å². The summed E-state index contributed by atoms with van der Waals surface area (Å²) >= 11 is 0. The Balaban J connectivity index is 1.79. The number of rotatable bonds is 6. The van der Waals surface area contributed by atoms with Crippen LogP contribution >= 0.6 is 0 Å². The van der Waals surface area contributed by atoms with Crippen LogP contribution in [0.5, 0.6) is 11.5 Å². The summed E-state index contributed by atoms with van der Waals surface area (Å²) in [6.45, 7) is 3.68. The Bertz CT molecular complexity index is 514. The van der Waals surface area contributed by atoms with E-state index in [0.717, 1.165) is 36.9 Å². The molecule has 116 valence electrons. The van der Waals surface area contributed by atoms with Crippen LogP contribution < -0.4 is 15.2 Å². The molecule has 3 rings (SSSR count). The van der Waals surface area contributed by atoms with E-state index >= 15 is 0 Å². The maximum absolute atomic E-state index is 5.95. The van der Waals surface area contributed by atoms with Crippen LogP contribution in [0.3, 0.4) is 0 Å². The Morgan fingerprint density at radius 2 is 2.19 bits per heavy atom. The highest BCUT2D eigenvalue weighted by atomic mass is 16.5. The monoisotopic (exact) mass is 290 g/mol. The zero-order chi connectivity index (χ0) is 15.0. The van der Waals surface area contributed by atoms with Crippen LogP contribution in [-0.2, 0) is 13.0 Å². The number of hydrogen-bond acceptors (Lipinski definition) is 4. The maximum Gasteiger partial charge on any atom is 0.123 e. The minimum atomic E-state index is 0.265. The predicted molar refractivity (Wildman–Crippen MR) is 83.8 cm³/mol. The van der Waals surface area contributed by atoms with Gasteiger partial charge in [-0.1, -0.05) is 0 Å². The number of ether oxygens (including phenoxy) is 2. The van der Waals surface area contributed by atoms with Gasteiger partial charge < -0.3 is 15.2 Å². The van der Waals surface area contributed by atoms with E-state index in [4.69, 9.17) is 15.2 Å². The van der Waals surface area contributed by atoms with Crippen LogP contribution in [0.2, 0.25) is 0 Å². The minimum absolute atomic E-state index is 0.265. The lowest BCUT2D eigenvalue weighted by atomic mass is 10.0. The van der Waals surface area contributed by atoms with Gasteiger partial charge in [0, 0.05) is 36.7 Å². The fourth-order valence-electron chi connectivity index (χ4n) is 3.39. The van der Waals surface area contributed by atoms with Crippen molar-refractivity contribution in [3.05, 3.63) is 23.3 Å². The third-order valence-electron chi connectivity index (χ3n) is 4.69. The molecule has 1 aromatic rings. The fraction of sp³-hybridized carbons (Fsp3) is 0.647. The lowest BCUT2D eigenvalue weighted by Crippen LogP contribution is -2.39. The molecule has 1 aromatic carbocycles. The second-order valence-corrected chi connectivity index (χ2v) is 6.46. The maximum atomic E-state index is 5.95. The van der Waals surface area contributed by atoms with E-state index in [1.807, 2.05) is 0 Å². The van der Waals surface area contributed by atoms with Crippen LogP contribution in [0, 0.1) is 5.92 Å². The molecule has 1 saturated carbocycles. The molecule has 2 unspecified atom stereocenters. The number of methoxy groups -OCH3 is 1. The van der Waals surface area contributed by atoms with Gasteiger partial charge in [-0.25, -0.2) is 0 Å². The van der Waals surface area contributed by atoms with E-state index in [-0.39, 0.29) is 6.10 Å². The highest BCUT2D eigenvalue weighted by molar-refractivity contribution is 5.48. The summed E-state index contributed by atoms with van der Waals surface area (Å²) < 4.78 is 11.5. The molecule has 2 aliphatic rings. The molecule has 0 aromatic heterocycles. The third kappa shape index (κ3) is 3.01. The third-order valence-corrected chi connectivity index (χ3v) is 4.69. The number of fused-ring (bicyclic) bond motifs is 1. The Morgan fingerprint density at radius 1 is 1.43 bits per heavy atom. The van der Waals surface area contributed by atoms with Crippen molar-refractivity contribution < 1.29 is 9.47 Å². The fourth-order valence-corrected chi connectivity index (χ4v) is 3.39. The molecule has 21 heavy (non-hydrogen) atoms. The number of nitrogens with two attached hydrogens (primary N) is 1. The smallest absolute Gasteiger partial charge is 0.123 e. The lowest BCUT2D eigenvalue weighted by molar-refractivity contribution is 0.212. The van der Waals surface area contributed by atoms with Gasteiger partial charge in [0.05, 0.1) is 7.11 Å². The van der Waals surface area contributed by atoms with E-state index in [0.29, 0.717) is 6.04 Å². The summed E-state index contributed by atoms with van der Waals surface area (Å²) in [4.78, 5) is 2.36. The van der Waals surface area contributed by atoms with E-state index in [1.165, 1.54) is 24.0 Å². The molecule has 0 radical (unpaired) electrons. The van der Waals surface area contributed by atoms with E-state index < -0.39 is 0 Å². The van der Waals surface area contributed by atoms with Gasteiger partial charge in [-0.05, 0) is 44.9 Å². The number of hydrogen-bond donors (Lipinski definition) is 1. The summed E-state index contributed by atoms with van der Waals surface area (Å²) in [6, 6.07) is 4.76. The second-order valence-electron chi connectivity index (χ2n) is 6.46. The molecule has 4 nitrogen and oxygen atoms in total. The van der Waals surface area contributed by atoms with Gasteiger partial charge in [0.15, 0.2) is 0 Å². The quantitative estimate of drug-likeness (QED) is 0.872. The molecule has 0 bridgehead atoms. The highest BCUT2D eigenvalue weighted by Gasteiger charge is 2.33. The van der Waals surface area contributed by atoms with Crippen molar-refractivity contribution in [1.82, 2.24) is 4.90 Å². The zero-order valence-electron chi connectivity index (χ0n) is 13.3. The molecule has 2 atom stereocenters. The van der Waals surface area contributed by atoms with E-state index in [1.54, 1.807) is 7.11 Å². The van der Waals surface area contributed by atoms with Crippen molar-refractivity contribution in [1.29, 1.82) is 0 Å². The second kappa shape index (κ2) is 5.85. The van der Waals surface area contributed by atoms with Gasteiger partial charge in [-0.3, -0.25) is 4.90 Å². The van der Waals surface area contributed by atoms with E-state index in [9.17, 15) is 0 Å². The number of benzene rings is 1. The summed E-state index contributed by atoms with van der Waals surface area (Å²) in [5, 5.41) is 0. The molecule has 2 N–H and O–H groups in total. The summed E-state index contributed by atoms with van der Waals surface area (Å²) in [7, 11) is 3.90. The van der Waals surface area contributed by atoms with Crippen LogP contribution in [0.4, 0.5) is 0 Å². The summed E-state index contributed by atoms with van der Waals surface area (Å²) in [6.07, 6.45) is 3.86. The standard InChI is InChI=1S/C17H26N2O2/c1-11-6-13-7-16(20-3)14(8-17(13)21-11)10-19(2)15(9-18)12-4-5-12/h7-8,11-12,15H,4-6,9-10,18H2,1-3H3. The Labute approximate surface area is 127 Å². The molecule has 0 amide bonds. The highest BCUT2D eigenvalue weighted by Crippen LogP contribution is 2.38. The average Bonchev–Trinajstić information content (AvgIpc) is 3.20. The average molecular weight is 290 g/mol. The lowest BCUT2D eigenvalue weighted by Gasteiger charge is -2.27. The van der Waals surface area contributed by atoms with Crippen molar-refractivity contribution in [3.8, 4) is 11.5 Å². The van der Waals surface area contributed by atoms with Crippen LogP contribution in [-0.4, -0.2) is 37.7 Å². The first-order valence-corrected chi connectivity index (χ1v) is 7.89. The Hall–Kier alpha value is -1.26. The van der Waals surface area contributed by atoms with Gasteiger partial charge in [0.1, 0.15) is 17.6 Å². The first-order valence-electron chi connectivity index (χ1n) is 7.89. The van der Waals surface area contributed by atoms with Crippen LogP contribution in [0.15, 0.2) is 12.1 Å². The Kier molecular flexibility index (Phi) is 4.09. The van der Waals surface area contributed by atoms with Gasteiger partial charge in [-0.15, -0.1) is 0 Å². The predicted octanol–water partition coefficient (Wildman–Crippen LogP) is 2.19. The summed E-state index contributed by atoms with van der Waals surface area (Å²) in [5.41, 5.74) is 8.39.